The summed E-state index contributed by atoms with van der Waals surface area (Å²) in [6, 6.07) is 0.531. The summed E-state index contributed by atoms with van der Waals surface area (Å²) in [4.78, 5) is 5.63. The molecule has 0 aliphatic heterocycles. The largest absolute Gasteiger partial charge is 0.308 e. The highest BCUT2D eigenvalue weighted by Gasteiger charge is 2.11. The Kier molecular flexibility index (Phi) is 3.30. The summed E-state index contributed by atoms with van der Waals surface area (Å²) in [5, 5.41) is 5.63. The van der Waals surface area contributed by atoms with E-state index >= 15 is 0 Å². The Bertz CT molecular complexity index is 470. The minimum atomic E-state index is 0.531. The number of thiazole rings is 1. The summed E-state index contributed by atoms with van der Waals surface area (Å²) < 4.78 is 2.18. The van der Waals surface area contributed by atoms with Gasteiger partial charge in [0.15, 0.2) is 4.96 Å². The Morgan fingerprint density at radius 2 is 2.19 bits per heavy atom. The van der Waals surface area contributed by atoms with Crippen molar-refractivity contribution in [2.75, 3.05) is 0 Å². The maximum absolute atomic E-state index is 4.54. The minimum Gasteiger partial charge on any atom is -0.308 e. The average molecular weight is 237 g/mol. The summed E-state index contributed by atoms with van der Waals surface area (Å²) in [6.07, 6.45) is 2.09. The lowest BCUT2D eigenvalue weighted by atomic mass is 10.1. The number of aromatic nitrogens is 2. The summed E-state index contributed by atoms with van der Waals surface area (Å²) in [7, 11) is 0. The molecule has 0 radical (unpaired) electrons. The fraction of sp³-hybridized carbons (Fsp3) is 0.583. The lowest BCUT2D eigenvalue weighted by Crippen LogP contribution is -2.30. The molecule has 2 heterocycles. The van der Waals surface area contributed by atoms with E-state index in [1.54, 1.807) is 11.3 Å². The van der Waals surface area contributed by atoms with Gasteiger partial charge in [-0.15, -0.1) is 11.3 Å². The van der Waals surface area contributed by atoms with Crippen LogP contribution in [0.3, 0.4) is 0 Å². The zero-order chi connectivity index (χ0) is 11.7. The second kappa shape index (κ2) is 4.55. The number of nitrogens with zero attached hydrogens (tertiary/aromatic N) is 2. The third kappa shape index (κ3) is 2.13. The maximum Gasteiger partial charge on any atom is 0.194 e. The standard InChI is InChI=1S/C12H19N3S/c1-8(2)9(3)13-7-11-10(4)14-12-15(11)5-6-16-12/h5-6,8-9,13H,7H2,1-4H3. The van der Waals surface area contributed by atoms with Crippen LogP contribution in [0.25, 0.3) is 4.96 Å². The van der Waals surface area contributed by atoms with Crippen LogP contribution in [0.5, 0.6) is 0 Å². The number of fused-ring (bicyclic) bond motifs is 1. The molecule has 0 saturated carbocycles. The van der Waals surface area contributed by atoms with Gasteiger partial charge in [-0.25, -0.2) is 4.98 Å². The van der Waals surface area contributed by atoms with E-state index in [9.17, 15) is 0 Å². The van der Waals surface area contributed by atoms with E-state index in [-0.39, 0.29) is 0 Å². The Hall–Kier alpha value is -0.870. The molecule has 16 heavy (non-hydrogen) atoms. The lowest BCUT2D eigenvalue weighted by molar-refractivity contribution is 0.423. The van der Waals surface area contributed by atoms with E-state index in [0.717, 1.165) is 17.2 Å². The minimum absolute atomic E-state index is 0.531. The normalized spacial score (nSPS) is 13.8. The molecular weight excluding hydrogens is 218 g/mol. The predicted molar refractivity (Wildman–Crippen MR) is 68.9 cm³/mol. The van der Waals surface area contributed by atoms with Crippen molar-refractivity contribution in [1.29, 1.82) is 0 Å². The van der Waals surface area contributed by atoms with E-state index in [0.29, 0.717) is 12.0 Å². The first kappa shape index (κ1) is 11.6. The highest BCUT2D eigenvalue weighted by atomic mass is 32.1. The quantitative estimate of drug-likeness (QED) is 0.886. The fourth-order valence-electron chi connectivity index (χ4n) is 1.65. The maximum atomic E-state index is 4.54. The van der Waals surface area contributed by atoms with Gasteiger partial charge < -0.3 is 5.32 Å². The first-order chi connectivity index (χ1) is 7.59. The van der Waals surface area contributed by atoms with Crippen LogP contribution < -0.4 is 5.32 Å². The first-order valence-corrected chi connectivity index (χ1v) is 6.62. The van der Waals surface area contributed by atoms with Gasteiger partial charge in [0.25, 0.3) is 0 Å². The summed E-state index contributed by atoms with van der Waals surface area (Å²) in [5.41, 5.74) is 2.42. The summed E-state index contributed by atoms with van der Waals surface area (Å²) in [5.74, 6) is 0.659. The molecule has 0 amide bonds. The highest BCUT2D eigenvalue weighted by molar-refractivity contribution is 7.15. The Morgan fingerprint density at radius 3 is 2.88 bits per heavy atom. The van der Waals surface area contributed by atoms with Crippen molar-refractivity contribution in [2.45, 2.75) is 40.3 Å². The van der Waals surface area contributed by atoms with Crippen LogP contribution in [0, 0.1) is 12.8 Å². The molecule has 2 aromatic rings. The van der Waals surface area contributed by atoms with Gasteiger partial charge >= 0.3 is 0 Å². The molecule has 0 bridgehead atoms. The number of imidazole rings is 1. The summed E-state index contributed by atoms with van der Waals surface area (Å²) >= 11 is 1.69. The molecule has 2 aromatic heterocycles. The molecule has 0 aliphatic carbocycles. The smallest absolute Gasteiger partial charge is 0.194 e. The van der Waals surface area contributed by atoms with E-state index in [1.165, 1.54) is 5.69 Å². The summed E-state index contributed by atoms with van der Waals surface area (Å²) in [6.45, 7) is 9.67. The van der Waals surface area contributed by atoms with Gasteiger partial charge in [-0.1, -0.05) is 13.8 Å². The third-order valence-electron chi connectivity index (χ3n) is 3.15. The van der Waals surface area contributed by atoms with Gasteiger partial charge in [-0.2, -0.15) is 0 Å². The van der Waals surface area contributed by atoms with Crippen LogP contribution in [-0.4, -0.2) is 15.4 Å². The topological polar surface area (TPSA) is 29.3 Å². The second-order valence-electron chi connectivity index (χ2n) is 4.61. The van der Waals surface area contributed by atoms with E-state index < -0.39 is 0 Å². The lowest BCUT2D eigenvalue weighted by Gasteiger charge is -2.17. The van der Waals surface area contributed by atoms with Crippen LogP contribution in [0.4, 0.5) is 0 Å². The molecule has 2 rings (SSSR count). The monoisotopic (exact) mass is 237 g/mol. The molecule has 88 valence electrons. The van der Waals surface area contributed by atoms with Crippen LogP contribution in [0.15, 0.2) is 11.6 Å². The van der Waals surface area contributed by atoms with Crippen LogP contribution in [-0.2, 0) is 6.54 Å². The first-order valence-electron chi connectivity index (χ1n) is 5.74. The fourth-order valence-corrected chi connectivity index (χ4v) is 2.43. The zero-order valence-corrected chi connectivity index (χ0v) is 11.1. The van der Waals surface area contributed by atoms with Gasteiger partial charge in [-0.3, -0.25) is 4.40 Å². The van der Waals surface area contributed by atoms with Gasteiger partial charge in [-0.05, 0) is 19.8 Å². The predicted octanol–water partition coefficient (Wildman–Crippen LogP) is 2.84. The van der Waals surface area contributed by atoms with Crippen molar-refractivity contribution >= 4 is 16.3 Å². The molecule has 1 atom stereocenters. The molecule has 0 fully saturated rings. The number of rotatable bonds is 4. The van der Waals surface area contributed by atoms with Crippen molar-refractivity contribution in [1.82, 2.24) is 14.7 Å². The second-order valence-corrected chi connectivity index (χ2v) is 5.49. The molecule has 1 unspecified atom stereocenters. The van der Waals surface area contributed by atoms with Crippen LogP contribution in [0.2, 0.25) is 0 Å². The third-order valence-corrected chi connectivity index (χ3v) is 3.91. The number of hydrogen-bond acceptors (Lipinski definition) is 3. The van der Waals surface area contributed by atoms with E-state index in [1.807, 2.05) is 0 Å². The number of aryl methyl sites for hydroxylation is 1. The van der Waals surface area contributed by atoms with Gasteiger partial charge in [0.1, 0.15) is 0 Å². The molecule has 0 spiro atoms. The highest BCUT2D eigenvalue weighted by Crippen LogP contribution is 2.16. The molecule has 1 N–H and O–H groups in total. The van der Waals surface area contributed by atoms with Crippen molar-refractivity contribution in [3.05, 3.63) is 23.0 Å². The van der Waals surface area contributed by atoms with E-state index in [4.69, 9.17) is 0 Å². The molecular formula is C12H19N3S. The molecule has 0 aliphatic rings. The molecule has 0 saturated heterocycles. The van der Waals surface area contributed by atoms with Crippen molar-refractivity contribution in [3.8, 4) is 0 Å². The van der Waals surface area contributed by atoms with Gasteiger partial charge in [0.05, 0.1) is 11.4 Å². The van der Waals surface area contributed by atoms with Crippen molar-refractivity contribution < 1.29 is 0 Å². The SMILES string of the molecule is Cc1nc2sccn2c1CNC(C)C(C)C. The van der Waals surface area contributed by atoms with E-state index in [2.05, 4.69) is 54.0 Å². The van der Waals surface area contributed by atoms with Crippen LogP contribution in [0.1, 0.15) is 32.2 Å². The molecule has 3 nitrogen and oxygen atoms in total. The van der Waals surface area contributed by atoms with Gasteiger partial charge in [0.2, 0.25) is 0 Å². The van der Waals surface area contributed by atoms with Crippen molar-refractivity contribution in [3.63, 3.8) is 0 Å². The van der Waals surface area contributed by atoms with Crippen LogP contribution >= 0.6 is 11.3 Å². The molecule has 4 heteroatoms. The Balaban J connectivity index is 2.14. The Morgan fingerprint density at radius 1 is 1.44 bits per heavy atom. The van der Waals surface area contributed by atoms with Crippen molar-refractivity contribution in [2.24, 2.45) is 5.92 Å². The zero-order valence-electron chi connectivity index (χ0n) is 10.3. The average Bonchev–Trinajstić information content (AvgIpc) is 2.75. The Labute approximate surface area is 101 Å². The molecule has 0 aromatic carbocycles. The number of nitrogens with one attached hydrogen (secondary N) is 1. The number of hydrogen-bond donors (Lipinski definition) is 1. The van der Waals surface area contributed by atoms with Gasteiger partial charge in [0, 0.05) is 24.2 Å².